The first-order valence-corrected chi connectivity index (χ1v) is 7.55. The summed E-state index contributed by atoms with van der Waals surface area (Å²) in [6.45, 7) is 1.38. The van der Waals surface area contributed by atoms with Crippen molar-refractivity contribution in [3.8, 4) is 11.5 Å². The van der Waals surface area contributed by atoms with E-state index in [0.717, 1.165) is 11.1 Å². The first-order chi connectivity index (χ1) is 11.0. The maximum Gasteiger partial charge on any atom is 0.227 e. The molecule has 0 spiro atoms. The molecule has 7 heteroatoms. The van der Waals surface area contributed by atoms with Crippen molar-refractivity contribution in [2.24, 2.45) is 0 Å². The van der Waals surface area contributed by atoms with Gasteiger partial charge in [0.25, 0.3) is 0 Å². The van der Waals surface area contributed by atoms with Crippen LogP contribution in [0.1, 0.15) is 6.92 Å². The lowest BCUT2D eigenvalue weighted by Crippen LogP contribution is -2.32. The molecule has 3 aromatic rings. The van der Waals surface area contributed by atoms with Crippen LogP contribution in [0.5, 0.6) is 0 Å². The molecule has 0 saturated carbocycles. The molecule has 1 heterocycles. The highest BCUT2D eigenvalue weighted by atomic mass is 35.5. The number of anilines is 1. The first-order valence-electron chi connectivity index (χ1n) is 6.77. The van der Waals surface area contributed by atoms with Crippen LogP contribution in [-0.4, -0.2) is 16.0 Å². The van der Waals surface area contributed by atoms with Crippen LogP contribution in [0.4, 0.5) is 5.69 Å². The minimum atomic E-state index is -0.256. The second kappa shape index (κ2) is 6.36. The van der Waals surface area contributed by atoms with Crippen molar-refractivity contribution in [2.45, 2.75) is 6.92 Å². The summed E-state index contributed by atoms with van der Waals surface area (Å²) in [6.07, 6.45) is 0. The Balaban J connectivity index is 1.93. The lowest BCUT2D eigenvalue weighted by atomic mass is 10.2. The molecule has 0 bridgehead atoms. The standard InChI is InChI=1S/C16H12ClN3O2S/c1-9(21)18-16(23)20-13-8-10(6-7-11(13)17)15-19-12-4-2-3-5-14(12)22-15/h2-8H,1H3,(H2,18,20,21,23). The van der Waals surface area contributed by atoms with Crippen LogP contribution in [0.3, 0.4) is 0 Å². The molecule has 5 nitrogen and oxygen atoms in total. The van der Waals surface area contributed by atoms with E-state index in [2.05, 4.69) is 15.6 Å². The number of aromatic nitrogens is 1. The molecule has 1 aromatic heterocycles. The summed E-state index contributed by atoms with van der Waals surface area (Å²) >= 11 is 11.2. The van der Waals surface area contributed by atoms with Gasteiger partial charge in [0, 0.05) is 12.5 Å². The van der Waals surface area contributed by atoms with Crippen molar-refractivity contribution in [1.82, 2.24) is 10.3 Å². The van der Waals surface area contributed by atoms with Crippen molar-refractivity contribution < 1.29 is 9.21 Å². The van der Waals surface area contributed by atoms with Crippen LogP contribution in [0.25, 0.3) is 22.6 Å². The van der Waals surface area contributed by atoms with Gasteiger partial charge in [-0.25, -0.2) is 4.98 Å². The first kappa shape index (κ1) is 15.5. The van der Waals surface area contributed by atoms with Gasteiger partial charge in [-0.05, 0) is 42.5 Å². The predicted molar refractivity (Wildman–Crippen MR) is 94.5 cm³/mol. The van der Waals surface area contributed by atoms with E-state index in [4.69, 9.17) is 28.2 Å². The lowest BCUT2D eigenvalue weighted by Gasteiger charge is -2.10. The summed E-state index contributed by atoms with van der Waals surface area (Å²) in [5, 5.41) is 6.01. The molecule has 0 aliphatic rings. The summed E-state index contributed by atoms with van der Waals surface area (Å²) in [7, 11) is 0. The molecule has 2 aromatic carbocycles. The molecule has 0 fully saturated rings. The van der Waals surface area contributed by atoms with E-state index in [9.17, 15) is 4.79 Å². The topological polar surface area (TPSA) is 67.2 Å². The van der Waals surface area contributed by atoms with Gasteiger partial charge in [-0.1, -0.05) is 23.7 Å². The number of fused-ring (bicyclic) bond motifs is 1. The molecule has 23 heavy (non-hydrogen) atoms. The molecule has 0 saturated heterocycles. The smallest absolute Gasteiger partial charge is 0.227 e. The van der Waals surface area contributed by atoms with E-state index < -0.39 is 0 Å². The number of thiocarbonyl (C=S) groups is 1. The van der Waals surface area contributed by atoms with Crippen LogP contribution < -0.4 is 10.6 Å². The Kier molecular flexibility index (Phi) is 4.27. The molecule has 3 rings (SSSR count). The highest BCUT2D eigenvalue weighted by Gasteiger charge is 2.11. The molecule has 0 aliphatic heterocycles. The number of hydrogen-bond donors (Lipinski definition) is 2. The van der Waals surface area contributed by atoms with Crippen molar-refractivity contribution in [3.05, 3.63) is 47.5 Å². The molecule has 0 radical (unpaired) electrons. The Bertz CT molecular complexity index is 874. The summed E-state index contributed by atoms with van der Waals surface area (Å²) in [4.78, 5) is 15.5. The summed E-state index contributed by atoms with van der Waals surface area (Å²) < 4.78 is 5.73. The maximum absolute atomic E-state index is 11.0. The number of para-hydroxylation sites is 2. The zero-order valence-corrected chi connectivity index (χ0v) is 13.7. The Morgan fingerprint density at radius 2 is 2.04 bits per heavy atom. The number of nitrogens with zero attached hydrogens (tertiary/aromatic N) is 1. The minimum absolute atomic E-state index is 0.175. The van der Waals surface area contributed by atoms with Gasteiger partial charge in [-0.3, -0.25) is 4.79 Å². The molecule has 0 unspecified atom stereocenters. The minimum Gasteiger partial charge on any atom is -0.436 e. The van der Waals surface area contributed by atoms with E-state index in [1.54, 1.807) is 18.2 Å². The SMILES string of the molecule is CC(=O)NC(=S)Nc1cc(-c2nc3ccccc3o2)ccc1Cl. The van der Waals surface area contributed by atoms with Gasteiger partial charge in [-0.2, -0.15) is 0 Å². The van der Waals surface area contributed by atoms with Gasteiger partial charge in [0.2, 0.25) is 11.8 Å². The average Bonchev–Trinajstić information content (AvgIpc) is 2.92. The molecule has 2 N–H and O–H groups in total. The summed E-state index contributed by atoms with van der Waals surface area (Å²) in [5.41, 5.74) is 2.80. The van der Waals surface area contributed by atoms with Crippen LogP contribution in [0, 0.1) is 0 Å². The Hall–Kier alpha value is -2.44. The molecule has 1 amide bonds. The fourth-order valence-corrected chi connectivity index (χ4v) is 2.48. The van der Waals surface area contributed by atoms with Crippen molar-refractivity contribution in [2.75, 3.05) is 5.32 Å². The van der Waals surface area contributed by atoms with Crippen LogP contribution in [-0.2, 0) is 4.79 Å². The Morgan fingerprint density at radius 1 is 1.26 bits per heavy atom. The highest BCUT2D eigenvalue weighted by Crippen LogP contribution is 2.30. The van der Waals surface area contributed by atoms with Crippen LogP contribution in [0.2, 0.25) is 5.02 Å². The van der Waals surface area contributed by atoms with Gasteiger partial charge in [0.1, 0.15) is 5.52 Å². The molecular weight excluding hydrogens is 334 g/mol. The quantitative estimate of drug-likeness (QED) is 0.688. The number of hydrogen-bond acceptors (Lipinski definition) is 4. The zero-order valence-electron chi connectivity index (χ0n) is 12.1. The molecule has 0 atom stereocenters. The fourth-order valence-electron chi connectivity index (χ4n) is 2.06. The molecule has 116 valence electrons. The third-order valence-corrected chi connectivity index (χ3v) is 3.58. The van der Waals surface area contributed by atoms with Gasteiger partial charge in [-0.15, -0.1) is 0 Å². The molecule has 0 aliphatic carbocycles. The van der Waals surface area contributed by atoms with E-state index in [-0.39, 0.29) is 11.0 Å². The number of rotatable bonds is 2. The van der Waals surface area contributed by atoms with Gasteiger partial charge >= 0.3 is 0 Å². The second-order valence-electron chi connectivity index (χ2n) is 4.82. The Labute approximate surface area is 142 Å². The van der Waals surface area contributed by atoms with E-state index in [1.807, 2.05) is 24.3 Å². The van der Waals surface area contributed by atoms with E-state index >= 15 is 0 Å². The van der Waals surface area contributed by atoms with Gasteiger partial charge in [0.05, 0.1) is 10.7 Å². The van der Waals surface area contributed by atoms with Crippen LogP contribution >= 0.6 is 23.8 Å². The molecular formula is C16H12ClN3O2S. The number of oxazole rings is 1. The third-order valence-electron chi connectivity index (χ3n) is 3.04. The number of halogens is 1. The summed E-state index contributed by atoms with van der Waals surface area (Å²) in [5.74, 6) is 0.227. The lowest BCUT2D eigenvalue weighted by molar-refractivity contribution is -0.117. The van der Waals surface area contributed by atoms with Gasteiger partial charge < -0.3 is 15.1 Å². The third kappa shape index (κ3) is 3.49. The normalized spacial score (nSPS) is 10.5. The monoisotopic (exact) mass is 345 g/mol. The van der Waals surface area contributed by atoms with E-state index in [1.165, 1.54) is 6.92 Å². The van der Waals surface area contributed by atoms with Crippen molar-refractivity contribution >= 4 is 51.6 Å². The van der Waals surface area contributed by atoms with E-state index in [0.29, 0.717) is 22.2 Å². The summed E-state index contributed by atoms with van der Waals surface area (Å²) in [6, 6.07) is 12.8. The number of benzene rings is 2. The van der Waals surface area contributed by atoms with Crippen molar-refractivity contribution in [3.63, 3.8) is 0 Å². The Morgan fingerprint density at radius 3 is 2.78 bits per heavy atom. The number of nitrogens with one attached hydrogen (secondary N) is 2. The van der Waals surface area contributed by atoms with Crippen LogP contribution in [0.15, 0.2) is 46.9 Å². The maximum atomic E-state index is 11.0. The fraction of sp³-hybridized carbons (Fsp3) is 0.0625. The van der Waals surface area contributed by atoms with Crippen molar-refractivity contribution in [1.29, 1.82) is 0 Å². The second-order valence-corrected chi connectivity index (χ2v) is 5.63. The zero-order chi connectivity index (χ0) is 16.4. The highest BCUT2D eigenvalue weighted by molar-refractivity contribution is 7.80. The van der Waals surface area contributed by atoms with Gasteiger partial charge in [0.15, 0.2) is 10.7 Å². The predicted octanol–water partition coefficient (Wildman–Crippen LogP) is 3.98. The number of amides is 1. The number of carbonyl (C=O) groups is 1. The number of carbonyl (C=O) groups excluding carboxylic acids is 1. The largest absolute Gasteiger partial charge is 0.436 e. The average molecular weight is 346 g/mol.